The number of para-hydroxylation sites is 1. The molecule has 4 rings (SSSR count). The average Bonchev–Trinajstić information content (AvgIpc) is 2.69. The van der Waals surface area contributed by atoms with E-state index in [4.69, 9.17) is 4.74 Å². The first-order chi connectivity index (χ1) is 12.3. The molecule has 0 spiro atoms. The molecule has 0 aliphatic rings. The fourth-order valence-corrected chi connectivity index (χ4v) is 3.07. The molecule has 0 fully saturated rings. The number of aromatic nitrogens is 1. The van der Waals surface area contributed by atoms with Crippen molar-refractivity contribution < 1.29 is 4.74 Å². The van der Waals surface area contributed by atoms with Crippen molar-refractivity contribution >= 4 is 10.8 Å². The van der Waals surface area contributed by atoms with Crippen LogP contribution in [0, 0.1) is 0 Å². The Morgan fingerprint density at radius 1 is 0.800 bits per heavy atom. The highest BCUT2D eigenvalue weighted by Gasteiger charge is 2.12. The Balaban J connectivity index is 2.06. The second-order valence-corrected chi connectivity index (χ2v) is 5.82. The van der Waals surface area contributed by atoms with Gasteiger partial charge < -0.3 is 4.74 Å². The van der Waals surface area contributed by atoms with Gasteiger partial charge in [-0.2, -0.15) is 0 Å². The summed E-state index contributed by atoms with van der Waals surface area (Å²) in [5.41, 5.74) is 2.66. The molecule has 3 aromatic carbocycles. The van der Waals surface area contributed by atoms with E-state index in [1.807, 2.05) is 78.9 Å². The lowest BCUT2D eigenvalue weighted by atomic mass is 10.1. The van der Waals surface area contributed by atoms with E-state index in [1.54, 1.807) is 11.7 Å². The van der Waals surface area contributed by atoms with Gasteiger partial charge in [0.25, 0.3) is 5.56 Å². The molecule has 3 heteroatoms. The number of nitrogens with zero attached hydrogens (tertiary/aromatic N) is 1. The molecular formula is C22H17NO2. The monoisotopic (exact) mass is 327 g/mol. The molecule has 3 nitrogen and oxygen atoms in total. The zero-order valence-corrected chi connectivity index (χ0v) is 13.8. The zero-order valence-electron chi connectivity index (χ0n) is 13.8. The molecular weight excluding hydrogens is 310 g/mol. The van der Waals surface area contributed by atoms with E-state index < -0.39 is 0 Å². The van der Waals surface area contributed by atoms with E-state index in [0.717, 1.165) is 28.1 Å². The molecule has 0 bridgehead atoms. The minimum absolute atomic E-state index is 0.0184. The molecule has 0 saturated carbocycles. The van der Waals surface area contributed by atoms with Crippen LogP contribution < -0.4 is 10.3 Å². The fourth-order valence-electron chi connectivity index (χ4n) is 3.07. The number of rotatable bonds is 3. The van der Waals surface area contributed by atoms with Crippen LogP contribution in [0.2, 0.25) is 0 Å². The fraction of sp³-hybridized carbons (Fsp3) is 0.0455. The maximum absolute atomic E-state index is 13.2. The largest absolute Gasteiger partial charge is 0.497 e. The standard InChI is InChI=1S/C22H17NO2/c1-25-19-13-11-16(12-14-19)21-15-17-7-5-6-10-20(17)22(24)23(21)18-8-3-2-4-9-18/h2-15H,1H3. The third kappa shape index (κ3) is 2.70. The van der Waals surface area contributed by atoms with Crippen LogP contribution >= 0.6 is 0 Å². The molecule has 0 aliphatic heterocycles. The maximum atomic E-state index is 13.2. The van der Waals surface area contributed by atoms with Crippen LogP contribution in [0.3, 0.4) is 0 Å². The van der Waals surface area contributed by atoms with Crippen LogP contribution in [0.25, 0.3) is 27.7 Å². The topological polar surface area (TPSA) is 31.2 Å². The van der Waals surface area contributed by atoms with Crippen LogP contribution in [0.15, 0.2) is 89.7 Å². The number of fused-ring (bicyclic) bond motifs is 1. The predicted molar refractivity (Wildman–Crippen MR) is 102 cm³/mol. The average molecular weight is 327 g/mol. The van der Waals surface area contributed by atoms with Crippen molar-refractivity contribution in [3.8, 4) is 22.7 Å². The van der Waals surface area contributed by atoms with Crippen LogP contribution in [0.5, 0.6) is 5.75 Å². The van der Waals surface area contributed by atoms with E-state index in [1.165, 1.54) is 0 Å². The Kier molecular flexibility index (Phi) is 3.82. The van der Waals surface area contributed by atoms with Gasteiger partial charge in [0.05, 0.1) is 12.8 Å². The minimum Gasteiger partial charge on any atom is -0.497 e. The first kappa shape index (κ1) is 15.2. The van der Waals surface area contributed by atoms with Crippen LogP contribution in [-0.4, -0.2) is 11.7 Å². The molecule has 0 radical (unpaired) electrons. The van der Waals surface area contributed by atoms with E-state index in [0.29, 0.717) is 5.39 Å². The molecule has 1 aromatic heterocycles. The van der Waals surface area contributed by atoms with Crippen molar-refractivity contribution in [1.82, 2.24) is 4.57 Å². The molecule has 4 aromatic rings. The number of benzene rings is 3. The summed E-state index contributed by atoms with van der Waals surface area (Å²) in [6.07, 6.45) is 0. The Bertz CT molecular complexity index is 1080. The van der Waals surface area contributed by atoms with Crippen LogP contribution in [-0.2, 0) is 0 Å². The van der Waals surface area contributed by atoms with Gasteiger partial charge in [-0.3, -0.25) is 9.36 Å². The SMILES string of the molecule is COc1ccc(-c2cc3ccccc3c(=O)n2-c2ccccc2)cc1. The molecule has 0 unspecified atom stereocenters. The Morgan fingerprint density at radius 3 is 2.20 bits per heavy atom. The summed E-state index contributed by atoms with van der Waals surface area (Å²) in [6.45, 7) is 0. The number of methoxy groups -OCH3 is 1. The molecule has 122 valence electrons. The number of ether oxygens (including phenoxy) is 1. The third-order valence-electron chi connectivity index (χ3n) is 4.33. The molecule has 1 heterocycles. The lowest BCUT2D eigenvalue weighted by Crippen LogP contribution is -2.20. The smallest absolute Gasteiger partial charge is 0.263 e. The summed E-state index contributed by atoms with van der Waals surface area (Å²) in [5.74, 6) is 0.790. The molecule has 0 amide bonds. The van der Waals surface area contributed by atoms with E-state index in [2.05, 4.69) is 6.07 Å². The minimum atomic E-state index is -0.0184. The van der Waals surface area contributed by atoms with Gasteiger partial charge >= 0.3 is 0 Å². The van der Waals surface area contributed by atoms with Gasteiger partial charge in [0, 0.05) is 11.1 Å². The van der Waals surface area contributed by atoms with Crippen LogP contribution in [0.1, 0.15) is 0 Å². The number of hydrogen-bond acceptors (Lipinski definition) is 2. The van der Waals surface area contributed by atoms with Gasteiger partial charge in [0.1, 0.15) is 5.75 Å². The van der Waals surface area contributed by atoms with Gasteiger partial charge in [0.2, 0.25) is 0 Å². The summed E-state index contributed by atoms with van der Waals surface area (Å²) >= 11 is 0. The highest BCUT2D eigenvalue weighted by atomic mass is 16.5. The summed E-state index contributed by atoms with van der Waals surface area (Å²) in [7, 11) is 1.64. The van der Waals surface area contributed by atoms with Gasteiger partial charge in [-0.15, -0.1) is 0 Å². The highest BCUT2D eigenvalue weighted by Crippen LogP contribution is 2.26. The normalized spacial score (nSPS) is 10.8. The molecule has 0 N–H and O–H groups in total. The summed E-state index contributed by atoms with van der Waals surface area (Å²) in [4.78, 5) is 13.2. The molecule has 0 atom stereocenters. The lowest BCUT2D eigenvalue weighted by Gasteiger charge is -2.15. The van der Waals surface area contributed by atoms with E-state index >= 15 is 0 Å². The van der Waals surface area contributed by atoms with Crippen molar-refractivity contribution in [3.05, 3.63) is 95.3 Å². The molecule has 25 heavy (non-hydrogen) atoms. The predicted octanol–water partition coefficient (Wildman–Crippen LogP) is 4.67. The maximum Gasteiger partial charge on any atom is 0.263 e. The third-order valence-corrected chi connectivity index (χ3v) is 4.33. The Labute approximate surface area is 145 Å². The number of pyridine rings is 1. The Hall–Kier alpha value is -3.33. The first-order valence-electron chi connectivity index (χ1n) is 8.12. The summed E-state index contributed by atoms with van der Waals surface area (Å²) in [5, 5.41) is 1.65. The van der Waals surface area contributed by atoms with Crippen molar-refractivity contribution in [1.29, 1.82) is 0 Å². The van der Waals surface area contributed by atoms with Gasteiger partial charge in [-0.05, 0) is 59.5 Å². The second-order valence-electron chi connectivity index (χ2n) is 5.82. The van der Waals surface area contributed by atoms with Gasteiger partial charge in [-0.25, -0.2) is 0 Å². The molecule has 0 saturated heterocycles. The van der Waals surface area contributed by atoms with Crippen molar-refractivity contribution in [2.24, 2.45) is 0 Å². The van der Waals surface area contributed by atoms with Gasteiger partial charge in [-0.1, -0.05) is 36.4 Å². The quantitative estimate of drug-likeness (QED) is 0.548. The first-order valence-corrected chi connectivity index (χ1v) is 8.12. The van der Waals surface area contributed by atoms with Crippen molar-refractivity contribution in [2.75, 3.05) is 7.11 Å². The second kappa shape index (κ2) is 6.29. The number of hydrogen-bond donors (Lipinski definition) is 0. The summed E-state index contributed by atoms with van der Waals surface area (Å²) < 4.78 is 7.01. The van der Waals surface area contributed by atoms with E-state index in [9.17, 15) is 4.79 Å². The van der Waals surface area contributed by atoms with Gasteiger partial charge in [0.15, 0.2) is 0 Å². The highest BCUT2D eigenvalue weighted by molar-refractivity contribution is 5.86. The van der Waals surface area contributed by atoms with Crippen molar-refractivity contribution in [2.45, 2.75) is 0 Å². The molecule has 0 aliphatic carbocycles. The van der Waals surface area contributed by atoms with E-state index in [-0.39, 0.29) is 5.56 Å². The summed E-state index contributed by atoms with van der Waals surface area (Å²) in [6, 6.07) is 27.2. The zero-order chi connectivity index (χ0) is 17.2. The lowest BCUT2D eigenvalue weighted by molar-refractivity contribution is 0.415. The van der Waals surface area contributed by atoms with Crippen LogP contribution in [0.4, 0.5) is 0 Å². The van der Waals surface area contributed by atoms with Crippen molar-refractivity contribution in [3.63, 3.8) is 0 Å². The Morgan fingerprint density at radius 2 is 1.48 bits per heavy atom.